The maximum atomic E-state index is 13.1. The largest absolute Gasteiger partial charge is 0.466 e. The number of esters is 1. The van der Waals surface area contributed by atoms with Crippen LogP contribution in [0, 0.1) is 0 Å². The standard InChI is InChI=1S/C25H26N2O2/c1-2-29-25(28)24(21-16-10-5-11-17-21)22(19-12-6-3-7-13-19)18-23(27-26)20-14-8-4-9-15-20/h3-17,22,24H,2,18,26H2,1H3/b27-23-. The molecule has 148 valence electrons. The van der Waals surface area contributed by atoms with Crippen LogP contribution in [0.5, 0.6) is 0 Å². The first-order valence-corrected chi connectivity index (χ1v) is 9.83. The van der Waals surface area contributed by atoms with E-state index in [9.17, 15) is 4.79 Å². The van der Waals surface area contributed by atoms with Gasteiger partial charge in [-0.1, -0.05) is 91.0 Å². The van der Waals surface area contributed by atoms with Crippen molar-refractivity contribution in [1.29, 1.82) is 0 Å². The summed E-state index contributed by atoms with van der Waals surface area (Å²) in [6.45, 7) is 2.16. The summed E-state index contributed by atoms with van der Waals surface area (Å²) in [6, 6.07) is 29.6. The summed E-state index contributed by atoms with van der Waals surface area (Å²) in [5.41, 5.74) is 3.67. The molecule has 4 nitrogen and oxygen atoms in total. The predicted octanol–water partition coefficient (Wildman–Crippen LogP) is 4.87. The van der Waals surface area contributed by atoms with Gasteiger partial charge in [0.05, 0.1) is 18.2 Å². The summed E-state index contributed by atoms with van der Waals surface area (Å²) < 4.78 is 5.47. The lowest BCUT2D eigenvalue weighted by Gasteiger charge is -2.27. The van der Waals surface area contributed by atoms with Crippen LogP contribution in [0.3, 0.4) is 0 Å². The van der Waals surface area contributed by atoms with Crippen molar-refractivity contribution < 1.29 is 9.53 Å². The van der Waals surface area contributed by atoms with Crippen LogP contribution < -0.4 is 5.84 Å². The zero-order chi connectivity index (χ0) is 20.5. The molecule has 0 amide bonds. The van der Waals surface area contributed by atoms with Crippen molar-refractivity contribution in [2.24, 2.45) is 10.9 Å². The first-order valence-electron chi connectivity index (χ1n) is 9.83. The first-order chi connectivity index (χ1) is 14.2. The van der Waals surface area contributed by atoms with Crippen LogP contribution in [0.1, 0.15) is 41.9 Å². The van der Waals surface area contributed by atoms with Gasteiger partial charge in [-0.3, -0.25) is 4.79 Å². The fourth-order valence-electron chi connectivity index (χ4n) is 3.64. The molecule has 0 spiro atoms. The van der Waals surface area contributed by atoms with Gasteiger partial charge in [-0.05, 0) is 23.6 Å². The summed E-state index contributed by atoms with van der Waals surface area (Å²) in [7, 11) is 0. The number of carbonyl (C=O) groups excluding carboxylic acids is 1. The maximum absolute atomic E-state index is 13.1. The smallest absolute Gasteiger partial charge is 0.314 e. The van der Waals surface area contributed by atoms with E-state index in [1.54, 1.807) is 0 Å². The predicted molar refractivity (Wildman–Crippen MR) is 117 cm³/mol. The van der Waals surface area contributed by atoms with Gasteiger partial charge in [0.15, 0.2) is 0 Å². The molecule has 0 aliphatic rings. The number of benzene rings is 3. The summed E-state index contributed by atoms with van der Waals surface area (Å²) >= 11 is 0. The van der Waals surface area contributed by atoms with Crippen molar-refractivity contribution in [3.63, 3.8) is 0 Å². The molecule has 2 N–H and O–H groups in total. The second-order valence-corrected chi connectivity index (χ2v) is 6.80. The number of hydrazone groups is 1. The van der Waals surface area contributed by atoms with E-state index in [2.05, 4.69) is 5.10 Å². The van der Waals surface area contributed by atoms with E-state index in [-0.39, 0.29) is 11.9 Å². The molecular formula is C25H26N2O2. The van der Waals surface area contributed by atoms with E-state index >= 15 is 0 Å². The molecule has 0 fully saturated rings. The lowest BCUT2D eigenvalue weighted by molar-refractivity contribution is -0.145. The Morgan fingerprint density at radius 1 is 0.862 bits per heavy atom. The molecule has 3 rings (SSSR count). The molecule has 3 aromatic rings. The van der Waals surface area contributed by atoms with Crippen molar-refractivity contribution in [2.45, 2.75) is 25.2 Å². The van der Waals surface area contributed by atoms with Crippen LogP contribution in [-0.2, 0) is 9.53 Å². The Balaban J connectivity index is 2.06. The van der Waals surface area contributed by atoms with Gasteiger partial charge in [-0.15, -0.1) is 0 Å². The summed E-state index contributed by atoms with van der Waals surface area (Å²) in [5, 5.41) is 4.07. The van der Waals surface area contributed by atoms with Crippen LogP contribution in [-0.4, -0.2) is 18.3 Å². The number of hydrogen-bond acceptors (Lipinski definition) is 4. The molecule has 0 saturated heterocycles. The zero-order valence-electron chi connectivity index (χ0n) is 16.6. The molecule has 0 heterocycles. The van der Waals surface area contributed by atoms with Gasteiger partial charge in [0.25, 0.3) is 0 Å². The van der Waals surface area contributed by atoms with E-state index in [1.807, 2.05) is 97.9 Å². The lowest BCUT2D eigenvalue weighted by atomic mass is 9.77. The number of carbonyl (C=O) groups is 1. The summed E-state index contributed by atoms with van der Waals surface area (Å²) in [4.78, 5) is 13.1. The van der Waals surface area contributed by atoms with Gasteiger partial charge >= 0.3 is 5.97 Å². The Hall–Kier alpha value is -3.40. The van der Waals surface area contributed by atoms with E-state index in [4.69, 9.17) is 10.6 Å². The number of nitrogens with two attached hydrogens (primary N) is 1. The highest BCUT2D eigenvalue weighted by Crippen LogP contribution is 2.37. The minimum Gasteiger partial charge on any atom is -0.466 e. The fourth-order valence-corrected chi connectivity index (χ4v) is 3.64. The van der Waals surface area contributed by atoms with Crippen LogP contribution in [0.4, 0.5) is 0 Å². The van der Waals surface area contributed by atoms with Crippen molar-refractivity contribution in [3.05, 3.63) is 108 Å². The third-order valence-electron chi connectivity index (χ3n) is 5.01. The highest BCUT2D eigenvalue weighted by molar-refractivity contribution is 6.01. The second-order valence-electron chi connectivity index (χ2n) is 6.80. The third-order valence-corrected chi connectivity index (χ3v) is 5.01. The summed E-state index contributed by atoms with van der Waals surface area (Å²) in [5.74, 6) is 4.91. The van der Waals surface area contributed by atoms with E-state index < -0.39 is 5.92 Å². The van der Waals surface area contributed by atoms with Crippen LogP contribution >= 0.6 is 0 Å². The van der Waals surface area contributed by atoms with Crippen molar-refractivity contribution in [2.75, 3.05) is 6.61 Å². The van der Waals surface area contributed by atoms with Gasteiger partial charge in [-0.25, -0.2) is 0 Å². The average molecular weight is 386 g/mol. The Morgan fingerprint density at radius 3 is 1.90 bits per heavy atom. The van der Waals surface area contributed by atoms with Gasteiger partial charge in [0.2, 0.25) is 0 Å². The van der Waals surface area contributed by atoms with Crippen LogP contribution in [0.25, 0.3) is 0 Å². The summed E-state index contributed by atoms with van der Waals surface area (Å²) in [6.07, 6.45) is 0.517. The number of rotatable bonds is 8. The molecule has 29 heavy (non-hydrogen) atoms. The average Bonchev–Trinajstić information content (AvgIpc) is 2.78. The Morgan fingerprint density at radius 2 is 1.38 bits per heavy atom. The Kier molecular flexibility index (Phi) is 7.17. The molecular weight excluding hydrogens is 360 g/mol. The van der Waals surface area contributed by atoms with Crippen LogP contribution in [0.15, 0.2) is 96.1 Å². The molecule has 0 radical (unpaired) electrons. The SMILES string of the molecule is CCOC(=O)C(c1ccccc1)C(C/C(=N/N)c1ccccc1)c1ccccc1. The molecule has 0 aliphatic carbocycles. The second kappa shape index (κ2) is 10.2. The van der Waals surface area contributed by atoms with Crippen molar-refractivity contribution >= 4 is 11.7 Å². The topological polar surface area (TPSA) is 64.7 Å². The molecule has 2 unspecified atom stereocenters. The van der Waals surface area contributed by atoms with E-state index in [0.29, 0.717) is 13.0 Å². The first kappa shape index (κ1) is 20.3. The van der Waals surface area contributed by atoms with Gasteiger partial charge < -0.3 is 10.6 Å². The monoisotopic (exact) mass is 386 g/mol. The number of nitrogens with zero attached hydrogens (tertiary/aromatic N) is 1. The molecule has 0 aromatic heterocycles. The third kappa shape index (κ3) is 5.11. The van der Waals surface area contributed by atoms with Crippen LogP contribution in [0.2, 0.25) is 0 Å². The molecule has 3 aromatic carbocycles. The maximum Gasteiger partial charge on any atom is 0.314 e. The molecule has 2 atom stereocenters. The minimum absolute atomic E-state index is 0.167. The molecule has 4 heteroatoms. The van der Waals surface area contributed by atoms with Gasteiger partial charge in [-0.2, -0.15) is 5.10 Å². The lowest BCUT2D eigenvalue weighted by Crippen LogP contribution is -2.25. The molecule has 0 saturated carbocycles. The highest BCUT2D eigenvalue weighted by Gasteiger charge is 2.33. The quantitative estimate of drug-likeness (QED) is 0.260. The Bertz CT molecular complexity index is 925. The number of ether oxygens (including phenoxy) is 1. The minimum atomic E-state index is -0.459. The van der Waals surface area contributed by atoms with Gasteiger partial charge in [0, 0.05) is 12.3 Å². The number of hydrogen-bond donors (Lipinski definition) is 1. The molecule has 0 bridgehead atoms. The van der Waals surface area contributed by atoms with Gasteiger partial charge in [0.1, 0.15) is 0 Å². The van der Waals surface area contributed by atoms with E-state index in [1.165, 1.54) is 0 Å². The van der Waals surface area contributed by atoms with E-state index in [0.717, 1.165) is 22.4 Å². The highest BCUT2D eigenvalue weighted by atomic mass is 16.5. The Labute approximate surface area is 172 Å². The normalized spacial score (nSPS) is 13.5. The van der Waals surface area contributed by atoms with Crippen molar-refractivity contribution in [1.82, 2.24) is 0 Å². The van der Waals surface area contributed by atoms with Crippen molar-refractivity contribution in [3.8, 4) is 0 Å². The molecule has 0 aliphatic heterocycles. The fraction of sp³-hybridized carbons (Fsp3) is 0.200. The zero-order valence-corrected chi connectivity index (χ0v) is 16.6.